The fraction of sp³-hybridized carbons (Fsp3) is 0.406. The van der Waals surface area contributed by atoms with Gasteiger partial charge in [0.1, 0.15) is 28.7 Å². The van der Waals surface area contributed by atoms with Gasteiger partial charge in [0.25, 0.3) is 0 Å². The molecule has 9 heteroatoms. The van der Waals surface area contributed by atoms with Gasteiger partial charge in [0.15, 0.2) is 5.78 Å². The third-order valence-corrected chi connectivity index (χ3v) is 7.75. The molecule has 0 amide bonds. The molecule has 0 atom stereocenters. The summed E-state index contributed by atoms with van der Waals surface area (Å²) in [7, 11) is 0. The van der Waals surface area contributed by atoms with Crippen LogP contribution in [0.5, 0.6) is 5.75 Å². The van der Waals surface area contributed by atoms with E-state index in [0.717, 1.165) is 54.3 Å². The molecular formula is C32H37Cl2FN4O2. The number of hydrogen-bond donors (Lipinski definition) is 0. The van der Waals surface area contributed by atoms with Crippen molar-refractivity contribution in [1.82, 2.24) is 14.4 Å². The van der Waals surface area contributed by atoms with E-state index in [1.165, 1.54) is 0 Å². The van der Waals surface area contributed by atoms with E-state index in [9.17, 15) is 4.79 Å². The second-order valence-corrected chi connectivity index (χ2v) is 11.4. The van der Waals surface area contributed by atoms with Crippen LogP contribution < -0.4 is 9.64 Å². The van der Waals surface area contributed by atoms with Crippen LogP contribution in [0.15, 0.2) is 54.9 Å². The average Bonchev–Trinajstić information content (AvgIpc) is 3.33. The number of ketones is 1. The average molecular weight is 600 g/mol. The number of carbonyl (C=O) groups is 1. The molecule has 3 aromatic heterocycles. The van der Waals surface area contributed by atoms with Crippen molar-refractivity contribution in [3.8, 4) is 5.75 Å². The van der Waals surface area contributed by atoms with Crippen LogP contribution in [-0.4, -0.2) is 39.8 Å². The number of piperidine rings is 1. The SMILES string of the molecule is CCc1nc2ccc(Cl)cn2c1C(=O)CCc1ccc(C2CCN(c3ccc(OCC(C)C)cn3)CC2)c(F)c1.Cl. The third-order valence-electron chi connectivity index (χ3n) is 7.52. The number of ether oxygens (including phenoxy) is 1. The molecule has 4 heterocycles. The van der Waals surface area contributed by atoms with E-state index in [4.69, 9.17) is 16.3 Å². The third kappa shape index (κ3) is 7.19. The summed E-state index contributed by atoms with van der Waals surface area (Å²) in [5.41, 5.74) is 3.60. The lowest BCUT2D eigenvalue weighted by Crippen LogP contribution is -2.33. The van der Waals surface area contributed by atoms with Gasteiger partial charge in [0, 0.05) is 25.7 Å². The Hall–Kier alpha value is -3.16. The lowest BCUT2D eigenvalue weighted by Gasteiger charge is -2.33. The number of aryl methyl sites for hydroxylation is 2. The van der Waals surface area contributed by atoms with Gasteiger partial charge in [-0.05, 0) is 79.0 Å². The quantitative estimate of drug-likeness (QED) is 0.175. The molecule has 0 bridgehead atoms. The summed E-state index contributed by atoms with van der Waals surface area (Å²) in [5.74, 6) is 2.13. The normalized spacial score (nSPS) is 14.0. The molecule has 0 unspecified atom stereocenters. The Labute approximate surface area is 252 Å². The fourth-order valence-electron chi connectivity index (χ4n) is 5.37. The second-order valence-electron chi connectivity index (χ2n) is 10.9. The number of Topliss-reactive ketones (excluding diaryl/α,β-unsaturated/α-hetero) is 1. The van der Waals surface area contributed by atoms with Crippen LogP contribution in [0.3, 0.4) is 0 Å². The van der Waals surface area contributed by atoms with Crippen LogP contribution >= 0.6 is 24.0 Å². The summed E-state index contributed by atoms with van der Waals surface area (Å²) in [6.07, 6.45) is 6.62. The highest BCUT2D eigenvalue weighted by atomic mass is 35.5. The molecule has 0 saturated carbocycles. The summed E-state index contributed by atoms with van der Waals surface area (Å²) >= 11 is 6.17. The minimum atomic E-state index is -0.191. The molecular weight excluding hydrogens is 562 g/mol. The number of imidazole rings is 1. The number of fused-ring (bicyclic) bond motifs is 1. The van der Waals surface area contributed by atoms with E-state index < -0.39 is 0 Å². The molecule has 41 heavy (non-hydrogen) atoms. The van der Waals surface area contributed by atoms with Gasteiger partial charge in [0.05, 0.1) is 23.5 Å². The first-order valence-corrected chi connectivity index (χ1v) is 14.5. The Morgan fingerprint density at radius 2 is 1.93 bits per heavy atom. The zero-order valence-electron chi connectivity index (χ0n) is 23.8. The van der Waals surface area contributed by atoms with E-state index in [0.29, 0.717) is 41.7 Å². The van der Waals surface area contributed by atoms with Gasteiger partial charge in [-0.3, -0.25) is 9.20 Å². The van der Waals surface area contributed by atoms with Gasteiger partial charge < -0.3 is 9.64 Å². The van der Waals surface area contributed by atoms with E-state index >= 15 is 4.39 Å². The fourth-order valence-corrected chi connectivity index (χ4v) is 5.53. The summed E-state index contributed by atoms with van der Waals surface area (Å²) < 4.78 is 22.8. The Bertz CT molecular complexity index is 1480. The van der Waals surface area contributed by atoms with Crippen molar-refractivity contribution < 1.29 is 13.9 Å². The van der Waals surface area contributed by atoms with Crippen molar-refractivity contribution >= 4 is 41.3 Å². The Morgan fingerprint density at radius 3 is 2.59 bits per heavy atom. The number of hydrogen-bond acceptors (Lipinski definition) is 5. The Balaban J connectivity index is 0.00000387. The van der Waals surface area contributed by atoms with E-state index in [-0.39, 0.29) is 36.3 Å². The Morgan fingerprint density at radius 1 is 1.15 bits per heavy atom. The number of nitrogens with zero attached hydrogens (tertiary/aromatic N) is 4. The van der Waals surface area contributed by atoms with Crippen LogP contribution in [0.25, 0.3) is 5.65 Å². The summed E-state index contributed by atoms with van der Waals surface area (Å²) in [4.78, 5) is 24.6. The van der Waals surface area contributed by atoms with Gasteiger partial charge in [0.2, 0.25) is 0 Å². The van der Waals surface area contributed by atoms with Crippen LogP contribution in [0, 0.1) is 11.7 Å². The first-order chi connectivity index (χ1) is 19.3. The highest BCUT2D eigenvalue weighted by Gasteiger charge is 2.24. The molecule has 1 aliphatic rings. The van der Waals surface area contributed by atoms with Crippen molar-refractivity contribution in [3.63, 3.8) is 0 Å². The minimum Gasteiger partial charge on any atom is -0.492 e. The van der Waals surface area contributed by atoms with Crippen LogP contribution in [0.1, 0.15) is 73.3 Å². The van der Waals surface area contributed by atoms with Crippen molar-refractivity contribution in [2.24, 2.45) is 5.92 Å². The lowest BCUT2D eigenvalue weighted by atomic mass is 9.88. The minimum absolute atomic E-state index is 0. The molecule has 1 saturated heterocycles. The summed E-state index contributed by atoms with van der Waals surface area (Å²) in [6, 6.07) is 13.0. The van der Waals surface area contributed by atoms with Crippen molar-refractivity contribution in [2.45, 2.75) is 58.8 Å². The van der Waals surface area contributed by atoms with Crippen molar-refractivity contribution in [1.29, 1.82) is 0 Å². The smallest absolute Gasteiger partial charge is 0.181 e. The zero-order chi connectivity index (χ0) is 28.2. The highest BCUT2D eigenvalue weighted by molar-refractivity contribution is 6.30. The van der Waals surface area contributed by atoms with E-state index in [1.807, 2.05) is 37.3 Å². The first kappa shape index (κ1) is 30.8. The van der Waals surface area contributed by atoms with Gasteiger partial charge >= 0.3 is 0 Å². The van der Waals surface area contributed by atoms with E-state index in [2.05, 4.69) is 28.7 Å². The van der Waals surface area contributed by atoms with Crippen molar-refractivity contribution in [2.75, 3.05) is 24.6 Å². The lowest BCUT2D eigenvalue weighted by molar-refractivity contribution is 0.0976. The molecule has 5 rings (SSSR count). The number of pyridine rings is 2. The molecule has 0 aliphatic carbocycles. The molecule has 1 fully saturated rings. The zero-order valence-corrected chi connectivity index (χ0v) is 25.3. The summed E-state index contributed by atoms with van der Waals surface area (Å²) in [5, 5.41) is 0.547. The topological polar surface area (TPSA) is 59.7 Å². The van der Waals surface area contributed by atoms with Gasteiger partial charge in [-0.15, -0.1) is 12.4 Å². The van der Waals surface area contributed by atoms with E-state index in [1.54, 1.807) is 28.9 Å². The highest BCUT2D eigenvalue weighted by Crippen LogP contribution is 2.32. The Kier molecular flexibility index (Phi) is 10.3. The number of rotatable bonds is 10. The predicted molar refractivity (Wildman–Crippen MR) is 165 cm³/mol. The van der Waals surface area contributed by atoms with Crippen LogP contribution in [0.2, 0.25) is 5.02 Å². The number of carbonyl (C=O) groups excluding carboxylic acids is 1. The standard InChI is InChI=1S/C32H36ClFN4O2.ClH/c1-4-28-32(38-19-24(33)7-11-31(38)36-28)29(39)10-6-22-5-9-26(27(34)17-22)23-13-15-37(16-14-23)30-12-8-25(18-35-30)40-20-21(2)3;/h5,7-9,11-12,17-19,21,23H,4,6,10,13-16,20H2,1-3H3;1H. The maximum atomic E-state index is 15.2. The van der Waals surface area contributed by atoms with Gasteiger partial charge in [-0.2, -0.15) is 0 Å². The number of halogens is 3. The molecule has 0 radical (unpaired) electrons. The van der Waals surface area contributed by atoms with Gasteiger partial charge in [-0.1, -0.05) is 44.5 Å². The molecule has 1 aliphatic heterocycles. The number of benzene rings is 1. The molecule has 4 aromatic rings. The van der Waals surface area contributed by atoms with Crippen molar-refractivity contribution in [3.05, 3.63) is 88.2 Å². The maximum absolute atomic E-state index is 15.2. The summed E-state index contributed by atoms with van der Waals surface area (Å²) in [6.45, 7) is 8.53. The molecule has 0 N–H and O–H groups in total. The van der Waals surface area contributed by atoms with Gasteiger partial charge in [-0.25, -0.2) is 14.4 Å². The number of anilines is 1. The molecule has 6 nitrogen and oxygen atoms in total. The molecule has 0 spiro atoms. The van der Waals surface area contributed by atoms with Crippen LogP contribution in [0.4, 0.5) is 10.2 Å². The second kappa shape index (κ2) is 13.7. The molecule has 1 aromatic carbocycles. The first-order valence-electron chi connectivity index (χ1n) is 14.1. The number of aromatic nitrogens is 3. The predicted octanol–water partition coefficient (Wildman–Crippen LogP) is 7.74. The molecule has 218 valence electrons. The largest absolute Gasteiger partial charge is 0.492 e. The maximum Gasteiger partial charge on any atom is 0.181 e. The monoisotopic (exact) mass is 598 g/mol. The van der Waals surface area contributed by atoms with Crippen LogP contribution in [-0.2, 0) is 12.8 Å².